The summed E-state index contributed by atoms with van der Waals surface area (Å²) in [6.07, 6.45) is 5.86. The molecule has 4 heteroatoms. The maximum Gasteiger partial charge on any atom is 0.179 e. The first-order valence-corrected chi connectivity index (χ1v) is 5.00. The molecule has 0 bridgehead atoms. The van der Waals surface area contributed by atoms with Crippen LogP contribution in [0.1, 0.15) is 23.2 Å². The average molecular weight is 193 g/mol. The number of nitrogens with zero attached hydrogens (tertiary/aromatic N) is 3. The molecule has 1 aliphatic rings. The number of aryl methyl sites for hydroxylation is 1. The molecule has 1 fully saturated rings. The lowest BCUT2D eigenvalue weighted by atomic mass is 10.2. The highest BCUT2D eigenvalue weighted by Crippen LogP contribution is 2.08. The molecular formula is C10H15N3O. The number of hydrogen-bond acceptors (Lipinski definition) is 3. The van der Waals surface area contributed by atoms with Gasteiger partial charge in [-0.05, 0) is 25.9 Å². The van der Waals surface area contributed by atoms with Crippen molar-refractivity contribution in [2.24, 2.45) is 7.05 Å². The van der Waals surface area contributed by atoms with Crippen LogP contribution in [0.4, 0.5) is 0 Å². The molecule has 0 saturated carbocycles. The van der Waals surface area contributed by atoms with Crippen molar-refractivity contribution in [1.82, 2.24) is 14.7 Å². The Morgan fingerprint density at radius 2 is 2.21 bits per heavy atom. The first kappa shape index (κ1) is 9.40. The molecule has 0 unspecified atom stereocenters. The second-order valence-electron chi connectivity index (χ2n) is 3.81. The van der Waals surface area contributed by atoms with Crippen molar-refractivity contribution >= 4 is 5.78 Å². The van der Waals surface area contributed by atoms with Gasteiger partial charge in [0.1, 0.15) is 0 Å². The number of likely N-dealkylation sites (tertiary alicyclic amines) is 1. The number of rotatable bonds is 3. The Bertz CT molecular complexity index is 326. The van der Waals surface area contributed by atoms with E-state index in [1.807, 2.05) is 7.05 Å². The summed E-state index contributed by atoms with van der Waals surface area (Å²) in [5, 5.41) is 3.99. The van der Waals surface area contributed by atoms with Gasteiger partial charge in [0.05, 0.1) is 18.3 Å². The van der Waals surface area contributed by atoms with Crippen LogP contribution >= 0.6 is 0 Å². The first-order chi connectivity index (χ1) is 6.75. The molecule has 0 N–H and O–H groups in total. The molecule has 2 rings (SSSR count). The monoisotopic (exact) mass is 193 g/mol. The Labute approximate surface area is 83.5 Å². The van der Waals surface area contributed by atoms with Crippen LogP contribution < -0.4 is 0 Å². The molecule has 0 aliphatic carbocycles. The van der Waals surface area contributed by atoms with E-state index >= 15 is 0 Å². The zero-order valence-corrected chi connectivity index (χ0v) is 8.44. The Kier molecular flexibility index (Phi) is 2.63. The average Bonchev–Trinajstić information content (AvgIpc) is 2.75. The molecule has 1 aromatic rings. The highest BCUT2D eigenvalue weighted by molar-refractivity contribution is 5.97. The molecule has 1 aliphatic heterocycles. The van der Waals surface area contributed by atoms with Gasteiger partial charge in [-0.3, -0.25) is 14.4 Å². The molecule has 4 nitrogen and oxygen atoms in total. The molecule has 2 heterocycles. The number of carbonyl (C=O) groups is 1. The van der Waals surface area contributed by atoms with E-state index in [0.29, 0.717) is 6.54 Å². The second-order valence-corrected chi connectivity index (χ2v) is 3.81. The molecule has 0 atom stereocenters. The summed E-state index contributed by atoms with van der Waals surface area (Å²) in [5.41, 5.74) is 0.722. The zero-order chi connectivity index (χ0) is 9.97. The van der Waals surface area contributed by atoms with E-state index in [0.717, 1.165) is 18.7 Å². The molecule has 1 saturated heterocycles. The van der Waals surface area contributed by atoms with Crippen molar-refractivity contribution in [3.8, 4) is 0 Å². The Morgan fingerprint density at radius 3 is 2.79 bits per heavy atom. The van der Waals surface area contributed by atoms with E-state index in [2.05, 4.69) is 10.00 Å². The summed E-state index contributed by atoms with van der Waals surface area (Å²) in [5.74, 6) is 0.181. The van der Waals surface area contributed by atoms with Crippen molar-refractivity contribution in [3.63, 3.8) is 0 Å². The van der Waals surface area contributed by atoms with E-state index in [9.17, 15) is 4.79 Å². The van der Waals surface area contributed by atoms with Gasteiger partial charge in [-0.2, -0.15) is 5.10 Å². The van der Waals surface area contributed by atoms with Gasteiger partial charge in [-0.1, -0.05) is 0 Å². The van der Waals surface area contributed by atoms with Crippen LogP contribution in [0, 0.1) is 0 Å². The fourth-order valence-electron chi connectivity index (χ4n) is 1.80. The van der Waals surface area contributed by atoms with Crippen LogP contribution in [0.3, 0.4) is 0 Å². The minimum absolute atomic E-state index is 0.181. The lowest BCUT2D eigenvalue weighted by Crippen LogP contribution is -2.26. The molecule has 76 valence electrons. The van der Waals surface area contributed by atoms with Crippen LogP contribution in [0.25, 0.3) is 0 Å². The lowest BCUT2D eigenvalue weighted by Gasteiger charge is -2.11. The molecule has 0 aromatic carbocycles. The quantitative estimate of drug-likeness (QED) is 0.663. The van der Waals surface area contributed by atoms with Crippen LogP contribution in [0.5, 0.6) is 0 Å². The maximum absolute atomic E-state index is 11.7. The minimum Gasteiger partial charge on any atom is -0.296 e. The molecule has 0 spiro atoms. The Morgan fingerprint density at radius 1 is 1.50 bits per heavy atom. The third kappa shape index (κ3) is 2.01. The highest BCUT2D eigenvalue weighted by Gasteiger charge is 2.16. The predicted octanol–water partition coefficient (Wildman–Crippen LogP) is 0.699. The Balaban J connectivity index is 1.95. The molecule has 14 heavy (non-hydrogen) atoms. The number of hydrogen-bond donors (Lipinski definition) is 0. The van der Waals surface area contributed by atoms with E-state index in [1.54, 1.807) is 17.1 Å². The third-order valence-corrected chi connectivity index (χ3v) is 2.59. The van der Waals surface area contributed by atoms with E-state index in [1.165, 1.54) is 12.8 Å². The van der Waals surface area contributed by atoms with Gasteiger partial charge in [0.15, 0.2) is 5.78 Å². The van der Waals surface area contributed by atoms with Crippen molar-refractivity contribution in [2.45, 2.75) is 12.8 Å². The second kappa shape index (κ2) is 3.92. The van der Waals surface area contributed by atoms with Crippen molar-refractivity contribution < 1.29 is 4.79 Å². The normalized spacial score (nSPS) is 17.5. The van der Waals surface area contributed by atoms with E-state index < -0.39 is 0 Å². The van der Waals surface area contributed by atoms with E-state index in [-0.39, 0.29) is 5.78 Å². The van der Waals surface area contributed by atoms with Gasteiger partial charge < -0.3 is 0 Å². The van der Waals surface area contributed by atoms with Crippen molar-refractivity contribution in [3.05, 3.63) is 18.0 Å². The van der Waals surface area contributed by atoms with Gasteiger partial charge in [0.25, 0.3) is 0 Å². The minimum atomic E-state index is 0.181. The topological polar surface area (TPSA) is 38.1 Å². The molecule has 1 aromatic heterocycles. The van der Waals surface area contributed by atoms with Gasteiger partial charge in [0, 0.05) is 13.2 Å². The summed E-state index contributed by atoms with van der Waals surface area (Å²) < 4.78 is 1.66. The fraction of sp³-hybridized carbons (Fsp3) is 0.600. The molecule has 0 amide bonds. The molecular weight excluding hydrogens is 178 g/mol. The smallest absolute Gasteiger partial charge is 0.179 e. The molecule has 0 radical (unpaired) electrons. The van der Waals surface area contributed by atoms with E-state index in [4.69, 9.17) is 0 Å². The summed E-state index contributed by atoms with van der Waals surface area (Å²) in [4.78, 5) is 13.9. The van der Waals surface area contributed by atoms with Gasteiger partial charge in [-0.15, -0.1) is 0 Å². The standard InChI is InChI=1S/C10H15N3O/c1-12-7-9(6-11-12)10(14)8-13-4-2-3-5-13/h6-7H,2-5,8H2,1H3. The Hall–Kier alpha value is -1.16. The SMILES string of the molecule is Cn1cc(C(=O)CN2CCCC2)cn1. The number of ketones is 1. The largest absolute Gasteiger partial charge is 0.296 e. The van der Waals surface area contributed by atoms with Crippen molar-refractivity contribution in [1.29, 1.82) is 0 Å². The van der Waals surface area contributed by atoms with Crippen LogP contribution in [-0.2, 0) is 7.05 Å². The van der Waals surface area contributed by atoms with Crippen LogP contribution in [0.2, 0.25) is 0 Å². The van der Waals surface area contributed by atoms with Gasteiger partial charge >= 0.3 is 0 Å². The van der Waals surface area contributed by atoms with Crippen LogP contribution in [0.15, 0.2) is 12.4 Å². The summed E-state index contributed by atoms with van der Waals surface area (Å²) >= 11 is 0. The lowest BCUT2D eigenvalue weighted by molar-refractivity contribution is 0.0945. The van der Waals surface area contributed by atoms with Gasteiger partial charge in [0.2, 0.25) is 0 Å². The zero-order valence-electron chi connectivity index (χ0n) is 8.44. The number of carbonyl (C=O) groups excluding carboxylic acids is 1. The fourth-order valence-corrected chi connectivity index (χ4v) is 1.80. The van der Waals surface area contributed by atoms with Crippen LogP contribution in [-0.4, -0.2) is 40.1 Å². The first-order valence-electron chi connectivity index (χ1n) is 5.00. The van der Waals surface area contributed by atoms with Gasteiger partial charge in [-0.25, -0.2) is 0 Å². The third-order valence-electron chi connectivity index (χ3n) is 2.59. The predicted molar refractivity (Wildman–Crippen MR) is 53.2 cm³/mol. The number of aromatic nitrogens is 2. The summed E-state index contributed by atoms with van der Waals surface area (Å²) in [6.45, 7) is 2.67. The summed E-state index contributed by atoms with van der Waals surface area (Å²) in [7, 11) is 1.83. The van der Waals surface area contributed by atoms with Crippen molar-refractivity contribution in [2.75, 3.05) is 19.6 Å². The maximum atomic E-state index is 11.7. The number of Topliss-reactive ketones (excluding diaryl/α,β-unsaturated/α-hetero) is 1. The highest BCUT2D eigenvalue weighted by atomic mass is 16.1. The summed E-state index contributed by atoms with van der Waals surface area (Å²) in [6, 6.07) is 0.